The van der Waals surface area contributed by atoms with Crippen molar-refractivity contribution in [1.29, 1.82) is 0 Å². The van der Waals surface area contributed by atoms with Crippen LogP contribution in [0.15, 0.2) is 0 Å². The SMILES string of the molecule is Cc1nc(C)n2c1C(CC(=O)O)CCC2. The summed E-state index contributed by atoms with van der Waals surface area (Å²) in [5.41, 5.74) is 2.14. The van der Waals surface area contributed by atoms with E-state index in [4.69, 9.17) is 5.11 Å². The fourth-order valence-corrected chi connectivity index (χ4v) is 2.57. The molecule has 0 saturated carbocycles. The van der Waals surface area contributed by atoms with Crippen LogP contribution in [0.1, 0.15) is 42.4 Å². The van der Waals surface area contributed by atoms with E-state index in [1.54, 1.807) is 0 Å². The molecule has 1 aromatic rings. The number of carboxylic acid groups (broad SMARTS) is 1. The lowest BCUT2D eigenvalue weighted by Crippen LogP contribution is -2.19. The van der Waals surface area contributed by atoms with Gasteiger partial charge in [-0.15, -0.1) is 0 Å². The average molecular weight is 208 g/mol. The maximum Gasteiger partial charge on any atom is 0.304 e. The number of carbonyl (C=O) groups is 1. The van der Waals surface area contributed by atoms with E-state index in [9.17, 15) is 4.79 Å². The standard InChI is InChI=1S/C11H16N2O2/c1-7-11-9(6-10(14)15)4-3-5-13(11)8(2)12-7/h9H,3-6H2,1-2H3,(H,14,15). The van der Waals surface area contributed by atoms with Crippen LogP contribution in [-0.2, 0) is 11.3 Å². The van der Waals surface area contributed by atoms with Gasteiger partial charge in [0, 0.05) is 18.2 Å². The molecular formula is C11H16N2O2. The molecule has 2 heterocycles. The van der Waals surface area contributed by atoms with E-state index in [-0.39, 0.29) is 12.3 Å². The van der Waals surface area contributed by atoms with E-state index in [0.29, 0.717) is 0 Å². The highest BCUT2D eigenvalue weighted by Crippen LogP contribution is 2.32. The summed E-state index contributed by atoms with van der Waals surface area (Å²) in [6, 6.07) is 0. The summed E-state index contributed by atoms with van der Waals surface area (Å²) in [5, 5.41) is 8.86. The van der Waals surface area contributed by atoms with Crippen LogP contribution in [-0.4, -0.2) is 20.6 Å². The number of aromatic nitrogens is 2. The normalized spacial score (nSPS) is 20.0. The van der Waals surface area contributed by atoms with Crippen LogP contribution in [0.4, 0.5) is 0 Å². The van der Waals surface area contributed by atoms with Crippen LogP contribution in [0.2, 0.25) is 0 Å². The van der Waals surface area contributed by atoms with Gasteiger partial charge in [-0.25, -0.2) is 4.98 Å². The molecular weight excluding hydrogens is 192 g/mol. The number of imidazole rings is 1. The predicted molar refractivity (Wildman–Crippen MR) is 55.9 cm³/mol. The monoisotopic (exact) mass is 208 g/mol. The third kappa shape index (κ3) is 1.76. The minimum atomic E-state index is -0.716. The Morgan fingerprint density at radius 1 is 1.60 bits per heavy atom. The molecule has 0 spiro atoms. The number of aliphatic carboxylic acids is 1. The molecule has 0 amide bonds. The van der Waals surface area contributed by atoms with Gasteiger partial charge in [0.15, 0.2) is 0 Å². The first kappa shape index (κ1) is 10.2. The summed E-state index contributed by atoms with van der Waals surface area (Å²) in [6.45, 7) is 4.94. The average Bonchev–Trinajstić information content (AvgIpc) is 2.43. The van der Waals surface area contributed by atoms with Crippen molar-refractivity contribution in [2.75, 3.05) is 0 Å². The van der Waals surface area contributed by atoms with Crippen molar-refractivity contribution < 1.29 is 9.90 Å². The Kier molecular flexibility index (Phi) is 2.50. The highest BCUT2D eigenvalue weighted by molar-refractivity contribution is 5.68. The molecule has 0 aliphatic carbocycles. The van der Waals surface area contributed by atoms with E-state index >= 15 is 0 Å². The third-order valence-corrected chi connectivity index (χ3v) is 3.12. The number of nitrogens with zero attached hydrogens (tertiary/aromatic N) is 2. The molecule has 2 rings (SSSR count). The summed E-state index contributed by atoms with van der Waals surface area (Å²) in [6.07, 6.45) is 2.26. The van der Waals surface area contributed by atoms with E-state index < -0.39 is 5.97 Å². The Balaban J connectivity index is 2.37. The smallest absolute Gasteiger partial charge is 0.304 e. The molecule has 4 heteroatoms. The highest BCUT2D eigenvalue weighted by atomic mass is 16.4. The van der Waals surface area contributed by atoms with Gasteiger partial charge < -0.3 is 9.67 Å². The Labute approximate surface area is 88.9 Å². The summed E-state index contributed by atoms with van der Waals surface area (Å²) >= 11 is 0. The van der Waals surface area contributed by atoms with Crippen molar-refractivity contribution in [2.24, 2.45) is 0 Å². The van der Waals surface area contributed by atoms with Gasteiger partial charge in [-0.2, -0.15) is 0 Å². The fourth-order valence-electron chi connectivity index (χ4n) is 2.57. The zero-order valence-corrected chi connectivity index (χ0v) is 9.16. The van der Waals surface area contributed by atoms with E-state index in [1.165, 1.54) is 0 Å². The molecule has 0 radical (unpaired) electrons. The maximum atomic E-state index is 10.8. The molecule has 0 aromatic carbocycles. The minimum absolute atomic E-state index is 0.150. The number of hydrogen-bond acceptors (Lipinski definition) is 2. The first-order valence-corrected chi connectivity index (χ1v) is 5.35. The Hall–Kier alpha value is -1.32. The van der Waals surface area contributed by atoms with Crippen molar-refractivity contribution in [3.63, 3.8) is 0 Å². The maximum absolute atomic E-state index is 10.8. The first-order valence-electron chi connectivity index (χ1n) is 5.35. The Morgan fingerprint density at radius 3 is 3.00 bits per heavy atom. The minimum Gasteiger partial charge on any atom is -0.481 e. The van der Waals surface area contributed by atoms with Gasteiger partial charge in [0.1, 0.15) is 5.82 Å². The van der Waals surface area contributed by atoms with Crippen LogP contribution in [0.5, 0.6) is 0 Å². The number of rotatable bonds is 2. The van der Waals surface area contributed by atoms with Crippen LogP contribution in [0.3, 0.4) is 0 Å². The predicted octanol–water partition coefficient (Wildman–Crippen LogP) is 1.85. The number of fused-ring (bicyclic) bond motifs is 1. The molecule has 1 aliphatic rings. The van der Waals surface area contributed by atoms with Crippen LogP contribution in [0, 0.1) is 13.8 Å². The molecule has 15 heavy (non-hydrogen) atoms. The lowest BCUT2D eigenvalue weighted by Gasteiger charge is -2.24. The van der Waals surface area contributed by atoms with E-state index in [0.717, 1.165) is 36.6 Å². The Bertz CT molecular complexity index is 396. The summed E-state index contributed by atoms with van der Waals surface area (Å²) in [4.78, 5) is 15.2. The number of hydrogen-bond donors (Lipinski definition) is 1. The second kappa shape index (κ2) is 3.68. The topological polar surface area (TPSA) is 55.1 Å². The second-order valence-corrected chi connectivity index (χ2v) is 4.22. The van der Waals surface area contributed by atoms with Crippen molar-refractivity contribution in [1.82, 2.24) is 9.55 Å². The van der Waals surface area contributed by atoms with Crippen LogP contribution in [0.25, 0.3) is 0 Å². The van der Waals surface area contributed by atoms with Crippen molar-refractivity contribution >= 4 is 5.97 Å². The fraction of sp³-hybridized carbons (Fsp3) is 0.636. The molecule has 4 nitrogen and oxygen atoms in total. The molecule has 1 atom stereocenters. The second-order valence-electron chi connectivity index (χ2n) is 4.22. The Morgan fingerprint density at radius 2 is 2.33 bits per heavy atom. The highest BCUT2D eigenvalue weighted by Gasteiger charge is 2.26. The van der Waals surface area contributed by atoms with Crippen LogP contribution < -0.4 is 0 Å². The molecule has 0 saturated heterocycles. The lowest BCUT2D eigenvalue weighted by atomic mass is 9.91. The van der Waals surface area contributed by atoms with Gasteiger partial charge >= 0.3 is 5.97 Å². The van der Waals surface area contributed by atoms with Gasteiger partial charge in [-0.3, -0.25) is 4.79 Å². The molecule has 1 aliphatic heterocycles. The van der Waals surface area contributed by atoms with Crippen molar-refractivity contribution in [2.45, 2.75) is 45.6 Å². The van der Waals surface area contributed by atoms with Crippen molar-refractivity contribution in [3.8, 4) is 0 Å². The third-order valence-electron chi connectivity index (χ3n) is 3.12. The summed E-state index contributed by atoms with van der Waals surface area (Å²) in [7, 11) is 0. The van der Waals surface area contributed by atoms with Gasteiger partial charge in [0.25, 0.3) is 0 Å². The zero-order chi connectivity index (χ0) is 11.0. The molecule has 82 valence electrons. The number of aryl methyl sites for hydroxylation is 2. The van der Waals surface area contributed by atoms with Gasteiger partial charge in [-0.1, -0.05) is 0 Å². The zero-order valence-electron chi connectivity index (χ0n) is 9.16. The molecule has 0 fully saturated rings. The van der Waals surface area contributed by atoms with Crippen molar-refractivity contribution in [3.05, 3.63) is 17.2 Å². The lowest BCUT2D eigenvalue weighted by molar-refractivity contribution is -0.137. The van der Waals surface area contributed by atoms with Crippen LogP contribution >= 0.6 is 0 Å². The molecule has 1 aromatic heterocycles. The molecule has 1 N–H and O–H groups in total. The summed E-state index contributed by atoms with van der Waals surface area (Å²) < 4.78 is 2.17. The molecule has 0 bridgehead atoms. The number of carboxylic acids is 1. The first-order chi connectivity index (χ1) is 7.09. The van der Waals surface area contributed by atoms with E-state index in [1.807, 2.05) is 13.8 Å². The van der Waals surface area contributed by atoms with E-state index in [2.05, 4.69) is 9.55 Å². The van der Waals surface area contributed by atoms with Gasteiger partial charge in [0.05, 0.1) is 12.1 Å². The van der Waals surface area contributed by atoms with Gasteiger partial charge in [0.2, 0.25) is 0 Å². The molecule has 1 unspecified atom stereocenters. The largest absolute Gasteiger partial charge is 0.481 e. The van der Waals surface area contributed by atoms with Gasteiger partial charge in [-0.05, 0) is 26.7 Å². The quantitative estimate of drug-likeness (QED) is 0.807. The summed E-state index contributed by atoms with van der Waals surface area (Å²) in [5.74, 6) is 0.446.